The van der Waals surface area contributed by atoms with Gasteiger partial charge in [-0.2, -0.15) is 15.1 Å². The van der Waals surface area contributed by atoms with E-state index in [2.05, 4.69) is 27.7 Å². The number of halogens is 3. The summed E-state index contributed by atoms with van der Waals surface area (Å²) >= 11 is 0. The molecule has 2 unspecified atom stereocenters. The topological polar surface area (TPSA) is 82.8 Å². The lowest BCUT2D eigenvalue weighted by atomic mass is 9.91. The predicted octanol–water partition coefficient (Wildman–Crippen LogP) is 5.54. The fourth-order valence-corrected chi connectivity index (χ4v) is 9.28. The minimum absolute atomic E-state index is 0.0218. The molecule has 2 aromatic heterocycles. The van der Waals surface area contributed by atoms with Crippen LogP contribution in [0.2, 0.25) is 0 Å². The van der Waals surface area contributed by atoms with Crippen LogP contribution >= 0.6 is 0 Å². The van der Waals surface area contributed by atoms with E-state index in [9.17, 15) is 9.50 Å². The molecule has 0 saturated carbocycles. The number of likely N-dealkylation sites (tertiary alicyclic amines) is 1. The summed E-state index contributed by atoms with van der Waals surface area (Å²) in [7, 11) is 3.87. The average Bonchev–Trinajstić information content (AvgIpc) is 3.79. The molecule has 4 saturated heterocycles. The molecule has 5 aromatic rings. The highest BCUT2D eigenvalue weighted by atomic mass is 19.1. The summed E-state index contributed by atoms with van der Waals surface area (Å²) in [6, 6.07) is 5.95. The van der Waals surface area contributed by atoms with Crippen molar-refractivity contribution in [1.82, 2.24) is 29.5 Å². The second kappa shape index (κ2) is 11.0. The zero-order valence-corrected chi connectivity index (χ0v) is 27.4. The number of rotatable bonds is 5. The Labute approximate surface area is 281 Å². The molecule has 4 atom stereocenters. The van der Waals surface area contributed by atoms with Gasteiger partial charge >= 0.3 is 6.01 Å². The Morgan fingerprint density at radius 1 is 1.06 bits per heavy atom. The fraction of sp³-hybridized carbons (Fsp3) is 0.432. The number of anilines is 1. The first-order valence-electron chi connectivity index (χ1n) is 16.9. The normalized spacial score (nSPS) is 25.6. The number of ether oxygens (including phenoxy) is 1. The quantitative estimate of drug-likeness (QED) is 0.245. The minimum Gasteiger partial charge on any atom is -0.508 e. The van der Waals surface area contributed by atoms with Gasteiger partial charge in [0.2, 0.25) is 0 Å². The van der Waals surface area contributed by atoms with Crippen LogP contribution in [0.25, 0.3) is 43.7 Å². The number of terminal acetylenes is 1. The molecular weight excluding hydrogens is 631 g/mol. The average molecular weight is 668 g/mol. The lowest BCUT2D eigenvalue weighted by molar-refractivity contribution is 0.107. The largest absolute Gasteiger partial charge is 0.508 e. The van der Waals surface area contributed by atoms with E-state index in [1.807, 2.05) is 6.20 Å². The number of aryl methyl sites for hydroxylation is 1. The standard InChI is InChI=1S/C37H36F3N7O2/c1-4-25-28(39)9-6-20-12-24(48)13-26(29(20)25)30-32(40)34-31(27-18-45(3)43-33(27)30)35(47-22-7-8-23(47)17-44(2)16-22)42-36(41-34)49-19-37-10-5-11-46(37)15-21(38)14-37/h1,6,9,12-13,18,21-23,48H,5,7-8,10-11,14-17,19H2,2-3H3/t21-,22?,23?,37+/m1/s1. The molecule has 3 aromatic carbocycles. The van der Waals surface area contributed by atoms with Crippen LogP contribution in [-0.2, 0) is 7.05 Å². The maximum atomic E-state index is 17.6. The highest BCUT2D eigenvalue weighted by Gasteiger charge is 2.49. The Morgan fingerprint density at radius 2 is 1.86 bits per heavy atom. The highest BCUT2D eigenvalue weighted by Crippen LogP contribution is 2.47. The molecule has 0 radical (unpaired) electrons. The Hall–Kier alpha value is -4.60. The number of likely N-dealkylation sites (N-methyl/N-ethyl adjacent to an activating group) is 1. The molecule has 4 aliphatic rings. The minimum atomic E-state index is -0.924. The lowest BCUT2D eigenvalue weighted by Gasteiger charge is -2.40. The van der Waals surface area contributed by atoms with Gasteiger partial charge < -0.3 is 19.6 Å². The monoisotopic (exact) mass is 667 g/mol. The molecule has 4 fully saturated rings. The van der Waals surface area contributed by atoms with Crippen molar-refractivity contribution in [1.29, 1.82) is 0 Å². The Morgan fingerprint density at radius 3 is 2.63 bits per heavy atom. The predicted molar refractivity (Wildman–Crippen MR) is 182 cm³/mol. The molecule has 0 spiro atoms. The third-order valence-electron chi connectivity index (χ3n) is 11.2. The molecule has 0 amide bonds. The number of phenols is 1. The van der Waals surface area contributed by atoms with Gasteiger partial charge in [-0.15, -0.1) is 6.42 Å². The van der Waals surface area contributed by atoms with E-state index in [-0.39, 0.29) is 58.0 Å². The molecular formula is C37H36F3N7O2. The first-order valence-corrected chi connectivity index (χ1v) is 16.9. The van der Waals surface area contributed by atoms with Crippen molar-refractivity contribution < 1.29 is 23.0 Å². The van der Waals surface area contributed by atoms with Gasteiger partial charge in [0.25, 0.3) is 0 Å². The van der Waals surface area contributed by atoms with Crippen molar-refractivity contribution in [2.45, 2.75) is 55.9 Å². The van der Waals surface area contributed by atoms with Crippen molar-refractivity contribution in [3.8, 4) is 35.2 Å². The number of benzene rings is 3. The van der Waals surface area contributed by atoms with Gasteiger partial charge in [-0.1, -0.05) is 12.0 Å². The maximum Gasteiger partial charge on any atom is 0.319 e. The Balaban J connectivity index is 1.31. The van der Waals surface area contributed by atoms with E-state index >= 15 is 8.78 Å². The van der Waals surface area contributed by atoms with Crippen molar-refractivity contribution in [3.63, 3.8) is 0 Å². The smallest absolute Gasteiger partial charge is 0.319 e. The number of phenolic OH excluding ortho intramolecular Hbond substituents is 1. The molecule has 9 nitrogen and oxygen atoms in total. The molecule has 9 rings (SSSR count). The van der Waals surface area contributed by atoms with Gasteiger partial charge in [-0.25, -0.2) is 13.2 Å². The summed E-state index contributed by atoms with van der Waals surface area (Å²) in [6.07, 6.45) is 10.8. The van der Waals surface area contributed by atoms with Gasteiger partial charge in [0.15, 0.2) is 5.82 Å². The molecule has 0 aliphatic carbocycles. The van der Waals surface area contributed by atoms with Crippen LogP contribution in [0.3, 0.4) is 0 Å². The van der Waals surface area contributed by atoms with Crippen molar-refractivity contribution in [2.75, 3.05) is 44.7 Å². The third kappa shape index (κ3) is 4.58. The number of hydrogen-bond acceptors (Lipinski definition) is 8. The number of alkyl halides is 1. The van der Waals surface area contributed by atoms with Gasteiger partial charge in [0.1, 0.15) is 41.2 Å². The van der Waals surface area contributed by atoms with Crippen molar-refractivity contribution >= 4 is 38.4 Å². The number of piperazine rings is 1. The van der Waals surface area contributed by atoms with Crippen LogP contribution in [-0.4, -0.2) is 98.3 Å². The van der Waals surface area contributed by atoms with Crippen LogP contribution in [0.5, 0.6) is 11.8 Å². The zero-order valence-electron chi connectivity index (χ0n) is 27.4. The first kappa shape index (κ1) is 30.5. The number of hydrogen-bond donors (Lipinski definition) is 1. The molecule has 12 heteroatoms. The van der Waals surface area contributed by atoms with Crippen molar-refractivity contribution in [3.05, 3.63) is 47.7 Å². The summed E-state index contributed by atoms with van der Waals surface area (Å²) in [4.78, 5) is 16.5. The van der Waals surface area contributed by atoms with Crippen LogP contribution in [0, 0.1) is 24.0 Å². The van der Waals surface area contributed by atoms with Crippen LogP contribution in [0.15, 0.2) is 30.5 Å². The maximum absolute atomic E-state index is 17.6. The Bertz CT molecular complexity index is 2220. The second-order valence-corrected chi connectivity index (χ2v) is 14.3. The van der Waals surface area contributed by atoms with Crippen LogP contribution in [0.1, 0.15) is 37.7 Å². The summed E-state index contributed by atoms with van der Waals surface area (Å²) in [5.74, 6) is 1.54. The van der Waals surface area contributed by atoms with Gasteiger partial charge in [-0.05, 0) is 68.4 Å². The van der Waals surface area contributed by atoms with E-state index in [4.69, 9.17) is 26.2 Å². The zero-order chi connectivity index (χ0) is 33.8. The number of fused-ring (bicyclic) bond motifs is 7. The van der Waals surface area contributed by atoms with E-state index in [1.54, 1.807) is 11.7 Å². The SMILES string of the molecule is C#Cc1c(F)ccc2cc(O)cc(-c3c(F)c4nc(OC[C@@]56CCCN5C[C@H](F)C6)nc(N5C6CCC5CN(C)C6)c4c4cn(C)nc34)c12. The summed E-state index contributed by atoms with van der Waals surface area (Å²) < 4.78 is 55.4. The molecule has 2 bridgehead atoms. The summed E-state index contributed by atoms with van der Waals surface area (Å²) in [5.41, 5.74) is 0.0953. The summed E-state index contributed by atoms with van der Waals surface area (Å²) in [5, 5.41) is 17.4. The van der Waals surface area contributed by atoms with E-state index in [1.165, 1.54) is 24.3 Å². The molecule has 4 aliphatic heterocycles. The van der Waals surface area contributed by atoms with E-state index in [0.29, 0.717) is 40.5 Å². The third-order valence-corrected chi connectivity index (χ3v) is 11.2. The Kier molecular flexibility index (Phi) is 6.81. The number of aromatic hydroxyl groups is 1. The van der Waals surface area contributed by atoms with Gasteiger partial charge in [-0.3, -0.25) is 9.58 Å². The van der Waals surface area contributed by atoms with Gasteiger partial charge in [0, 0.05) is 67.7 Å². The first-order chi connectivity index (χ1) is 23.6. The molecule has 6 heterocycles. The number of nitrogens with zero attached hydrogens (tertiary/aromatic N) is 7. The lowest BCUT2D eigenvalue weighted by Crippen LogP contribution is -2.53. The second-order valence-electron chi connectivity index (χ2n) is 14.3. The molecule has 49 heavy (non-hydrogen) atoms. The highest BCUT2D eigenvalue weighted by molar-refractivity contribution is 6.18. The van der Waals surface area contributed by atoms with Crippen molar-refractivity contribution in [2.24, 2.45) is 7.05 Å². The summed E-state index contributed by atoms with van der Waals surface area (Å²) in [6.45, 7) is 3.06. The molecule has 1 N–H and O–H groups in total. The number of aromatic nitrogens is 4. The van der Waals surface area contributed by atoms with Gasteiger partial charge in [0.05, 0.1) is 16.5 Å². The van der Waals surface area contributed by atoms with Crippen LogP contribution < -0.4 is 9.64 Å². The van der Waals surface area contributed by atoms with Crippen LogP contribution in [0.4, 0.5) is 19.0 Å². The van der Waals surface area contributed by atoms with E-state index in [0.717, 1.165) is 45.3 Å². The fourth-order valence-electron chi connectivity index (χ4n) is 9.28. The van der Waals surface area contributed by atoms with E-state index < -0.39 is 23.3 Å². The molecule has 252 valence electrons.